The molecule has 2 aliphatic rings. The Morgan fingerprint density at radius 1 is 1.38 bits per heavy atom. The summed E-state index contributed by atoms with van der Waals surface area (Å²) in [4.78, 5) is 18.2. The zero-order chi connectivity index (χ0) is 13.3. The van der Waals surface area contributed by atoms with E-state index in [-0.39, 0.29) is 49.0 Å². The van der Waals surface area contributed by atoms with Crippen molar-refractivity contribution in [3.05, 3.63) is 24.5 Å². The first kappa shape index (κ1) is 18.2. The number of carbonyl (C=O) groups is 1. The number of morpholine rings is 1. The highest BCUT2D eigenvalue weighted by molar-refractivity contribution is 5.95. The zero-order valence-electron chi connectivity index (χ0n) is 11.9. The molecule has 1 spiro atoms. The quantitative estimate of drug-likeness (QED) is 0.851. The monoisotopic (exact) mass is 333 g/mol. The Morgan fingerprint density at radius 2 is 2.10 bits per heavy atom. The van der Waals surface area contributed by atoms with Gasteiger partial charge in [-0.2, -0.15) is 0 Å². The molecule has 7 heteroatoms. The maximum Gasteiger partial charge on any atom is 0.253 e. The molecule has 0 saturated carbocycles. The number of rotatable bonds is 1. The molecule has 0 aromatic carbocycles. The fraction of sp³-hybridized carbons (Fsp3) is 0.571. The summed E-state index contributed by atoms with van der Waals surface area (Å²) in [6, 6.07) is 3.83. The first-order valence-corrected chi connectivity index (χ1v) is 6.80. The third kappa shape index (κ3) is 3.31. The largest absolute Gasteiger partial charge is 0.363 e. The number of hydrogen-bond donors (Lipinski definition) is 1. The van der Waals surface area contributed by atoms with Crippen molar-refractivity contribution in [2.24, 2.45) is 0 Å². The van der Waals surface area contributed by atoms with Gasteiger partial charge >= 0.3 is 0 Å². The summed E-state index contributed by atoms with van der Waals surface area (Å²) in [5.41, 5.74) is 0.649. The molecule has 1 aromatic heterocycles. The van der Waals surface area contributed by atoms with Gasteiger partial charge in [0.05, 0.1) is 23.5 Å². The van der Waals surface area contributed by atoms with Gasteiger partial charge in [0.1, 0.15) is 6.61 Å². The van der Waals surface area contributed by atoms with Crippen molar-refractivity contribution in [3.8, 4) is 0 Å². The number of pyridine rings is 1. The molecule has 1 N–H and O–H groups in total. The third-order valence-electron chi connectivity index (χ3n) is 4.27. The first-order chi connectivity index (χ1) is 9.23. The summed E-state index contributed by atoms with van der Waals surface area (Å²) < 4.78 is 5.93. The maximum absolute atomic E-state index is 12.2. The number of carbonyl (C=O) groups excluding carboxylic acids is 1. The van der Waals surface area contributed by atoms with Crippen molar-refractivity contribution >= 4 is 36.4 Å². The van der Waals surface area contributed by atoms with Gasteiger partial charge in [-0.25, -0.2) is 0 Å². The summed E-state index contributed by atoms with van der Waals surface area (Å²) in [5.74, 6) is 0.0182. The number of anilines is 1. The molecule has 21 heavy (non-hydrogen) atoms. The third-order valence-corrected chi connectivity index (χ3v) is 4.27. The molecule has 3 rings (SSSR count). The van der Waals surface area contributed by atoms with Crippen LogP contribution in [0.25, 0.3) is 0 Å². The highest BCUT2D eigenvalue weighted by Crippen LogP contribution is 2.35. The number of aromatic nitrogens is 1. The van der Waals surface area contributed by atoms with Gasteiger partial charge in [0.25, 0.3) is 5.91 Å². The molecule has 0 radical (unpaired) electrons. The van der Waals surface area contributed by atoms with E-state index in [1.807, 2.05) is 17.0 Å². The van der Waals surface area contributed by atoms with Crippen LogP contribution >= 0.6 is 24.8 Å². The topological polar surface area (TPSA) is 54.5 Å². The van der Waals surface area contributed by atoms with Gasteiger partial charge in [-0.3, -0.25) is 9.78 Å². The molecule has 1 aromatic rings. The Morgan fingerprint density at radius 3 is 2.71 bits per heavy atom. The highest BCUT2D eigenvalue weighted by atomic mass is 35.5. The van der Waals surface area contributed by atoms with Crippen molar-refractivity contribution in [2.75, 3.05) is 24.6 Å². The molecule has 2 fully saturated rings. The summed E-state index contributed by atoms with van der Waals surface area (Å²) >= 11 is 0. The number of piperidine rings is 1. The maximum atomic E-state index is 12.2. The van der Waals surface area contributed by atoms with E-state index in [4.69, 9.17) is 4.74 Å². The molecule has 2 aliphatic heterocycles. The van der Waals surface area contributed by atoms with Crippen molar-refractivity contribution in [3.63, 3.8) is 0 Å². The highest BCUT2D eigenvalue weighted by Gasteiger charge is 2.47. The number of nitrogens with zero attached hydrogens (tertiary/aromatic N) is 2. The molecule has 1 amide bonds. The average molecular weight is 334 g/mol. The fourth-order valence-electron chi connectivity index (χ4n) is 3.12. The van der Waals surface area contributed by atoms with E-state index in [9.17, 15) is 4.79 Å². The van der Waals surface area contributed by atoms with Crippen molar-refractivity contribution in [2.45, 2.75) is 31.4 Å². The Balaban J connectivity index is 0.00000110. The second-order valence-corrected chi connectivity index (χ2v) is 5.25. The smallest absolute Gasteiger partial charge is 0.253 e. The Kier molecular flexibility index (Phi) is 6.41. The van der Waals surface area contributed by atoms with Gasteiger partial charge in [0, 0.05) is 6.20 Å². The molecule has 3 heterocycles. The standard InChI is InChI=1S/C14H19N3O2.2ClH/c1-11-14(4-7-15-8-5-14)19-10-13(18)17(11)12-3-2-6-16-9-12;;/h2-3,6,9,11,15H,4-5,7-8,10H2,1H3;2*1H. The number of amides is 1. The van der Waals surface area contributed by atoms with E-state index < -0.39 is 0 Å². The first-order valence-electron chi connectivity index (χ1n) is 6.80. The van der Waals surface area contributed by atoms with Gasteiger partial charge in [0.2, 0.25) is 0 Å². The van der Waals surface area contributed by atoms with E-state index in [0.29, 0.717) is 0 Å². The lowest BCUT2D eigenvalue weighted by Gasteiger charge is -2.49. The van der Waals surface area contributed by atoms with Gasteiger partial charge in [-0.15, -0.1) is 24.8 Å². The van der Waals surface area contributed by atoms with E-state index >= 15 is 0 Å². The molecule has 0 bridgehead atoms. The average Bonchev–Trinajstić information content (AvgIpc) is 2.46. The van der Waals surface area contributed by atoms with E-state index in [2.05, 4.69) is 17.2 Å². The van der Waals surface area contributed by atoms with Crippen LogP contribution in [-0.4, -0.2) is 42.2 Å². The van der Waals surface area contributed by atoms with Gasteiger partial charge in [-0.1, -0.05) is 0 Å². The molecule has 0 aliphatic carbocycles. The lowest BCUT2D eigenvalue weighted by Crippen LogP contribution is -2.64. The van der Waals surface area contributed by atoms with E-state index in [1.54, 1.807) is 12.4 Å². The fourth-order valence-corrected chi connectivity index (χ4v) is 3.12. The van der Waals surface area contributed by atoms with Crippen LogP contribution in [0.3, 0.4) is 0 Å². The SMILES string of the molecule is CC1N(c2cccnc2)C(=O)COC12CCNCC2.Cl.Cl. The number of ether oxygens (including phenoxy) is 1. The van der Waals surface area contributed by atoms with Gasteiger partial charge < -0.3 is 15.0 Å². The molecular weight excluding hydrogens is 313 g/mol. The predicted octanol–water partition coefficient (Wildman–Crippen LogP) is 1.80. The summed E-state index contributed by atoms with van der Waals surface area (Å²) in [6.45, 7) is 4.13. The summed E-state index contributed by atoms with van der Waals surface area (Å²) in [7, 11) is 0. The molecule has 118 valence electrons. The molecular formula is C14H21Cl2N3O2. The lowest BCUT2D eigenvalue weighted by atomic mass is 9.83. The van der Waals surface area contributed by atoms with Crippen LogP contribution in [0.4, 0.5) is 5.69 Å². The number of hydrogen-bond acceptors (Lipinski definition) is 4. The molecule has 5 nitrogen and oxygen atoms in total. The summed E-state index contributed by atoms with van der Waals surface area (Å²) in [5, 5.41) is 3.35. The summed E-state index contributed by atoms with van der Waals surface area (Å²) in [6.07, 6.45) is 5.35. The van der Waals surface area contributed by atoms with Crippen molar-refractivity contribution in [1.29, 1.82) is 0 Å². The Labute approximate surface area is 137 Å². The zero-order valence-corrected chi connectivity index (χ0v) is 13.6. The van der Waals surface area contributed by atoms with Crippen LogP contribution in [0.15, 0.2) is 24.5 Å². The lowest BCUT2D eigenvalue weighted by molar-refractivity contribution is -0.148. The second-order valence-electron chi connectivity index (χ2n) is 5.25. The van der Waals surface area contributed by atoms with Crippen LogP contribution in [0.1, 0.15) is 19.8 Å². The van der Waals surface area contributed by atoms with Crippen LogP contribution in [0, 0.1) is 0 Å². The van der Waals surface area contributed by atoms with Crippen LogP contribution in [-0.2, 0) is 9.53 Å². The van der Waals surface area contributed by atoms with Crippen molar-refractivity contribution in [1.82, 2.24) is 10.3 Å². The minimum atomic E-state index is -0.213. The van der Waals surface area contributed by atoms with E-state index in [0.717, 1.165) is 31.6 Å². The molecule has 2 saturated heterocycles. The molecule has 1 atom stereocenters. The Bertz CT molecular complexity index is 467. The van der Waals surface area contributed by atoms with Crippen LogP contribution in [0.2, 0.25) is 0 Å². The minimum absolute atomic E-state index is 0. The predicted molar refractivity (Wildman–Crippen MR) is 86.5 cm³/mol. The van der Waals surface area contributed by atoms with E-state index in [1.165, 1.54) is 0 Å². The number of halogens is 2. The number of nitrogens with one attached hydrogen (secondary N) is 1. The minimum Gasteiger partial charge on any atom is -0.363 e. The normalized spacial score (nSPS) is 24.1. The molecule has 1 unspecified atom stereocenters. The van der Waals surface area contributed by atoms with Crippen molar-refractivity contribution < 1.29 is 9.53 Å². The second kappa shape index (κ2) is 7.40. The van der Waals surface area contributed by atoms with Gasteiger partial charge in [-0.05, 0) is 45.0 Å². The van der Waals surface area contributed by atoms with Crippen LogP contribution < -0.4 is 10.2 Å². The van der Waals surface area contributed by atoms with Crippen LogP contribution in [0.5, 0.6) is 0 Å². The Hall–Kier alpha value is -0.880. The van der Waals surface area contributed by atoms with Gasteiger partial charge in [0.15, 0.2) is 0 Å².